The molecule has 3 aromatic rings. The van der Waals surface area contributed by atoms with Gasteiger partial charge in [0.25, 0.3) is 15.9 Å². The van der Waals surface area contributed by atoms with Gasteiger partial charge in [-0.25, -0.2) is 8.42 Å². The second kappa shape index (κ2) is 11.6. The Morgan fingerprint density at radius 2 is 1.29 bits per heavy atom. The minimum absolute atomic E-state index is 0.172. The summed E-state index contributed by atoms with van der Waals surface area (Å²) in [5.74, 6) is 0.929. The van der Waals surface area contributed by atoms with Crippen LogP contribution in [0.5, 0.6) is 17.2 Å². The van der Waals surface area contributed by atoms with Crippen molar-refractivity contribution in [1.82, 2.24) is 0 Å². The van der Waals surface area contributed by atoms with Crippen molar-refractivity contribution in [2.75, 3.05) is 29.9 Å². The Kier molecular flexibility index (Phi) is 8.59. The number of aryl methyl sites for hydroxylation is 1. The Morgan fingerprint density at radius 3 is 1.80 bits per heavy atom. The number of hydrogen-bond acceptors (Lipinski definition) is 6. The van der Waals surface area contributed by atoms with Crippen LogP contribution in [0.2, 0.25) is 0 Å². The Hall–Kier alpha value is -3.72. The third kappa shape index (κ3) is 6.66. The highest BCUT2D eigenvalue weighted by atomic mass is 32.2. The highest BCUT2D eigenvalue weighted by molar-refractivity contribution is 7.92. The second-order valence-corrected chi connectivity index (χ2v) is 9.23. The number of rotatable bonds is 11. The number of anilines is 2. The van der Waals surface area contributed by atoms with Gasteiger partial charge in [-0.15, -0.1) is 0 Å². The van der Waals surface area contributed by atoms with E-state index in [4.69, 9.17) is 14.2 Å². The monoisotopic (exact) mass is 498 g/mol. The molecule has 1 amide bonds. The zero-order valence-corrected chi connectivity index (χ0v) is 21.1. The third-order valence-corrected chi connectivity index (χ3v) is 6.29. The Balaban J connectivity index is 1.77. The maximum atomic E-state index is 12.9. The first-order chi connectivity index (χ1) is 16.8. The molecule has 35 heavy (non-hydrogen) atoms. The summed E-state index contributed by atoms with van der Waals surface area (Å²) in [4.78, 5) is 13.1. The summed E-state index contributed by atoms with van der Waals surface area (Å²) in [6.45, 7) is 8.66. The fourth-order valence-electron chi connectivity index (χ4n) is 3.28. The molecule has 0 radical (unpaired) electrons. The number of ether oxygens (including phenoxy) is 3. The van der Waals surface area contributed by atoms with E-state index < -0.39 is 10.0 Å². The predicted molar refractivity (Wildman–Crippen MR) is 136 cm³/mol. The fraction of sp³-hybridized carbons (Fsp3) is 0.269. The number of nitrogens with one attached hydrogen (secondary N) is 2. The lowest BCUT2D eigenvalue weighted by Crippen LogP contribution is -2.14. The molecule has 2 N–H and O–H groups in total. The molecule has 3 rings (SSSR count). The van der Waals surface area contributed by atoms with E-state index in [0.29, 0.717) is 54.0 Å². The molecule has 0 heterocycles. The summed E-state index contributed by atoms with van der Waals surface area (Å²) in [5, 5.41) is 2.81. The minimum atomic E-state index is -3.72. The molecule has 0 saturated heterocycles. The summed E-state index contributed by atoms with van der Waals surface area (Å²) in [5.41, 5.74) is 2.18. The lowest BCUT2D eigenvalue weighted by molar-refractivity contribution is 0.102. The average Bonchev–Trinajstić information content (AvgIpc) is 2.82. The summed E-state index contributed by atoms with van der Waals surface area (Å²) in [6.07, 6.45) is 0. The number of amides is 1. The predicted octanol–water partition coefficient (Wildman–Crippen LogP) is 5.24. The third-order valence-electron chi connectivity index (χ3n) is 4.90. The van der Waals surface area contributed by atoms with Gasteiger partial charge in [-0.2, -0.15) is 0 Å². The Bertz CT molecular complexity index is 1230. The summed E-state index contributed by atoms with van der Waals surface area (Å²) < 4.78 is 44.7. The van der Waals surface area contributed by atoms with Gasteiger partial charge in [0.05, 0.1) is 24.7 Å². The first-order valence-electron chi connectivity index (χ1n) is 11.3. The molecule has 0 fully saturated rings. The molecule has 0 atom stereocenters. The van der Waals surface area contributed by atoms with E-state index >= 15 is 0 Å². The van der Waals surface area contributed by atoms with Crippen molar-refractivity contribution < 1.29 is 27.4 Å². The van der Waals surface area contributed by atoms with Crippen LogP contribution < -0.4 is 24.2 Å². The van der Waals surface area contributed by atoms with E-state index in [0.717, 1.165) is 5.56 Å². The fourth-order valence-corrected chi connectivity index (χ4v) is 4.33. The van der Waals surface area contributed by atoms with E-state index in [1.165, 1.54) is 0 Å². The van der Waals surface area contributed by atoms with Gasteiger partial charge in [-0.3, -0.25) is 9.52 Å². The van der Waals surface area contributed by atoms with Crippen LogP contribution in [0.15, 0.2) is 65.6 Å². The second-order valence-electron chi connectivity index (χ2n) is 7.55. The van der Waals surface area contributed by atoms with Gasteiger partial charge in [-0.05, 0) is 76.2 Å². The van der Waals surface area contributed by atoms with E-state index in [2.05, 4.69) is 10.0 Å². The van der Waals surface area contributed by atoms with Crippen LogP contribution in [0.25, 0.3) is 0 Å². The van der Waals surface area contributed by atoms with E-state index in [1.54, 1.807) is 60.7 Å². The van der Waals surface area contributed by atoms with Crippen LogP contribution in [-0.4, -0.2) is 34.1 Å². The summed E-state index contributed by atoms with van der Waals surface area (Å²) >= 11 is 0. The lowest BCUT2D eigenvalue weighted by Gasteiger charge is -2.17. The zero-order valence-electron chi connectivity index (χ0n) is 20.3. The van der Waals surface area contributed by atoms with Crippen LogP contribution in [0.3, 0.4) is 0 Å². The smallest absolute Gasteiger partial charge is 0.261 e. The molecule has 0 aliphatic heterocycles. The molecule has 0 unspecified atom stereocenters. The van der Waals surface area contributed by atoms with Crippen molar-refractivity contribution in [3.8, 4) is 17.2 Å². The molecule has 0 aliphatic rings. The highest BCUT2D eigenvalue weighted by Gasteiger charge is 2.19. The van der Waals surface area contributed by atoms with Crippen molar-refractivity contribution in [2.45, 2.75) is 32.6 Å². The normalized spacial score (nSPS) is 11.0. The van der Waals surface area contributed by atoms with Gasteiger partial charge >= 0.3 is 0 Å². The maximum Gasteiger partial charge on any atom is 0.261 e. The highest BCUT2D eigenvalue weighted by Crippen LogP contribution is 2.39. The van der Waals surface area contributed by atoms with Gasteiger partial charge in [0.2, 0.25) is 5.75 Å². The van der Waals surface area contributed by atoms with Crippen LogP contribution in [0.4, 0.5) is 11.4 Å². The SMILES string of the molecule is CCOc1cc(C(=O)Nc2ccc(NS(=O)(=O)c3ccc(C)cc3)cc2)cc(OCC)c1OCC. The summed E-state index contributed by atoms with van der Waals surface area (Å²) in [7, 11) is -3.72. The standard InChI is InChI=1S/C26H30N2O6S/c1-5-32-23-16-19(17-24(33-6-2)25(23)34-7-3)26(29)27-20-10-12-21(13-11-20)28-35(30,31)22-14-8-18(4)9-15-22/h8-17,28H,5-7H2,1-4H3,(H,27,29). The summed E-state index contributed by atoms with van der Waals surface area (Å²) in [6, 6.07) is 16.2. The van der Waals surface area contributed by atoms with E-state index in [9.17, 15) is 13.2 Å². The molecular formula is C26H30N2O6S. The van der Waals surface area contributed by atoms with Gasteiger partial charge < -0.3 is 19.5 Å². The molecule has 3 aromatic carbocycles. The van der Waals surface area contributed by atoms with E-state index in [-0.39, 0.29) is 10.8 Å². The number of carbonyl (C=O) groups is 1. The van der Waals surface area contributed by atoms with Crippen LogP contribution >= 0.6 is 0 Å². The quantitative estimate of drug-likeness (QED) is 0.375. The lowest BCUT2D eigenvalue weighted by atomic mass is 10.1. The van der Waals surface area contributed by atoms with Gasteiger partial charge in [0.1, 0.15) is 0 Å². The Labute approximate surface area is 206 Å². The minimum Gasteiger partial charge on any atom is -0.490 e. The van der Waals surface area contributed by atoms with Crippen LogP contribution in [0.1, 0.15) is 36.7 Å². The van der Waals surface area contributed by atoms with Gasteiger partial charge in [0.15, 0.2) is 11.5 Å². The molecule has 8 nitrogen and oxygen atoms in total. The molecule has 0 saturated carbocycles. The molecule has 0 spiro atoms. The van der Waals surface area contributed by atoms with Crippen molar-refractivity contribution in [3.05, 3.63) is 71.8 Å². The molecule has 186 valence electrons. The number of hydrogen-bond donors (Lipinski definition) is 2. The largest absolute Gasteiger partial charge is 0.490 e. The molecular weight excluding hydrogens is 468 g/mol. The van der Waals surface area contributed by atoms with Gasteiger partial charge in [-0.1, -0.05) is 17.7 Å². The number of benzene rings is 3. The van der Waals surface area contributed by atoms with E-state index in [1.807, 2.05) is 27.7 Å². The topological polar surface area (TPSA) is 103 Å². The molecule has 9 heteroatoms. The van der Waals surface area contributed by atoms with Crippen LogP contribution in [0, 0.1) is 6.92 Å². The van der Waals surface area contributed by atoms with Crippen molar-refractivity contribution in [1.29, 1.82) is 0 Å². The van der Waals surface area contributed by atoms with Crippen LogP contribution in [-0.2, 0) is 10.0 Å². The van der Waals surface area contributed by atoms with Crippen molar-refractivity contribution in [3.63, 3.8) is 0 Å². The van der Waals surface area contributed by atoms with Crippen molar-refractivity contribution >= 4 is 27.3 Å². The molecule has 0 bridgehead atoms. The first-order valence-corrected chi connectivity index (χ1v) is 12.8. The molecule has 0 aliphatic carbocycles. The zero-order chi connectivity index (χ0) is 25.4. The van der Waals surface area contributed by atoms with Crippen molar-refractivity contribution in [2.24, 2.45) is 0 Å². The number of carbonyl (C=O) groups excluding carboxylic acids is 1. The first kappa shape index (κ1) is 25.9. The number of sulfonamides is 1. The molecule has 0 aromatic heterocycles. The average molecular weight is 499 g/mol. The Morgan fingerprint density at radius 1 is 0.771 bits per heavy atom. The maximum absolute atomic E-state index is 12.9. The van der Waals surface area contributed by atoms with Gasteiger partial charge in [0, 0.05) is 16.9 Å².